The van der Waals surface area contributed by atoms with Crippen LogP contribution in [0.15, 0.2) is 48.5 Å². The minimum absolute atomic E-state index is 0.0869. The van der Waals surface area contributed by atoms with E-state index >= 15 is 0 Å². The van der Waals surface area contributed by atoms with Crippen molar-refractivity contribution in [3.8, 4) is 11.5 Å². The Morgan fingerprint density at radius 3 is 2.31 bits per heavy atom. The number of halogens is 3. The van der Waals surface area contributed by atoms with E-state index in [1.54, 1.807) is 31.2 Å². The van der Waals surface area contributed by atoms with Crippen LogP contribution in [0.2, 0.25) is 0 Å². The number of ether oxygens (including phenoxy) is 4. The molecule has 1 unspecified atom stereocenters. The average Bonchev–Trinajstić information content (AvgIpc) is 2.89. The number of rotatable bonds is 17. The molecule has 0 aromatic heterocycles. The van der Waals surface area contributed by atoms with Gasteiger partial charge < -0.3 is 29.0 Å². The molecule has 216 valence electrons. The summed E-state index contributed by atoms with van der Waals surface area (Å²) in [5.74, 6) is -0.750. The first kappa shape index (κ1) is 31.9. The van der Waals surface area contributed by atoms with Gasteiger partial charge in [0.05, 0.1) is 18.7 Å². The zero-order chi connectivity index (χ0) is 28.7. The van der Waals surface area contributed by atoms with Gasteiger partial charge in [-0.15, -0.1) is 0 Å². The molecule has 1 amide bonds. The molecule has 0 spiro atoms. The number of amides is 1. The number of nitrogens with zero attached hydrogens (tertiary/aromatic N) is 1. The second-order valence-electron chi connectivity index (χ2n) is 8.68. The van der Waals surface area contributed by atoms with E-state index in [2.05, 4.69) is 6.92 Å². The molecule has 0 radical (unpaired) electrons. The third-order valence-electron chi connectivity index (χ3n) is 5.64. The van der Waals surface area contributed by atoms with Gasteiger partial charge in [0.1, 0.15) is 18.1 Å². The van der Waals surface area contributed by atoms with Crippen LogP contribution in [0.5, 0.6) is 11.5 Å². The standard InChI is InChI=1S/C28H36F3NO7/c1-3-5-6-16-36-17-14-32(27(35)39-24-9-7-8-22(20-24)28(29,30)31)15-18-38-23-12-10-21(11-13-23)19-25(26(33)34)37-4-2/h7-13,20,25H,3-6,14-19H2,1-2H3,(H,33,34). The molecule has 0 bridgehead atoms. The summed E-state index contributed by atoms with van der Waals surface area (Å²) in [6.45, 7) is 5.22. The molecule has 1 atom stereocenters. The summed E-state index contributed by atoms with van der Waals surface area (Å²) in [4.78, 5) is 25.4. The number of carbonyl (C=O) groups excluding carboxylic acids is 1. The lowest BCUT2D eigenvalue weighted by molar-refractivity contribution is -0.150. The first-order chi connectivity index (χ1) is 18.6. The number of benzene rings is 2. The predicted molar refractivity (Wildman–Crippen MR) is 138 cm³/mol. The van der Waals surface area contributed by atoms with Crippen LogP contribution < -0.4 is 9.47 Å². The Labute approximate surface area is 226 Å². The van der Waals surface area contributed by atoms with Gasteiger partial charge in [0, 0.05) is 26.2 Å². The van der Waals surface area contributed by atoms with Gasteiger partial charge in [0.2, 0.25) is 0 Å². The Bertz CT molecular complexity index is 1010. The number of carboxylic acids is 1. The lowest BCUT2D eigenvalue weighted by atomic mass is 10.1. The highest BCUT2D eigenvalue weighted by molar-refractivity contribution is 5.72. The lowest BCUT2D eigenvalue weighted by Crippen LogP contribution is -2.39. The summed E-state index contributed by atoms with van der Waals surface area (Å²) in [7, 11) is 0. The SMILES string of the molecule is CCCCCOCCN(CCOc1ccc(CC(OCC)C(=O)O)cc1)C(=O)Oc1cccc(C(F)(F)F)c1. The molecule has 0 saturated heterocycles. The summed E-state index contributed by atoms with van der Waals surface area (Å²) in [6.07, 6.45) is -3.15. The van der Waals surface area contributed by atoms with E-state index in [0.29, 0.717) is 12.4 Å². The molecule has 0 aliphatic rings. The number of carboxylic acid groups (broad SMARTS) is 1. The largest absolute Gasteiger partial charge is 0.492 e. The van der Waals surface area contributed by atoms with Crippen LogP contribution in [-0.2, 0) is 26.9 Å². The molecule has 1 N–H and O–H groups in total. The summed E-state index contributed by atoms with van der Waals surface area (Å²) >= 11 is 0. The Morgan fingerprint density at radius 2 is 1.67 bits per heavy atom. The maximum atomic E-state index is 13.0. The first-order valence-electron chi connectivity index (χ1n) is 12.9. The lowest BCUT2D eigenvalue weighted by Gasteiger charge is -2.22. The van der Waals surface area contributed by atoms with Gasteiger partial charge in [0.25, 0.3) is 0 Å². The highest BCUT2D eigenvalue weighted by atomic mass is 19.4. The van der Waals surface area contributed by atoms with Crippen molar-refractivity contribution in [2.75, 3.05) is 39.5 Å². The maximum absolute atomic E-state index is 13.0. The minimum Gasteiger partial charge on any atom is -0.492 e. The Morgan fingerprint density at radius 1 is 0.949 bits per heavy atom. The molecule has 0 aliphatic carbocycles. The second kappa shape index (κ2) is 16.6. The Balaban J connectivity index is 1.96. The fraction of sp³-hybridized carbons (Fsp3) is 0.500. The van der Waals surface area contributed by atoms with E-state index in [1.165, 1.54) is 17.0 Å². The first-order valence-corrected chi connectivity index (χ1v) is 12.9. The minimum atomic E-state index is -4.56. The highest BCUT2D eigenvalue weighted by Gasteiger charge is 2.31. The molecule has 0 aliphatic heterocycles. The smallest absolute Gasteiger partial charge is 0.416 e. The molecule has 8 nitrogen and oxygen atoms in total. The van der Waals surface area contributed by atoms with E-state index in [4.69, 9.17) is 18.9 Å². The van der Waals surface area contributed by atoms with Crippen molar-refractivity contribution < 1.29 is 46.8 Å². The zero-order valence-corrected chi connectivity index (χ0v) is 22.2. The molecule has 2 aromatic carbocycles. The average molecular weight is 556 g/mol. The molecule has 39 heavy (non-hydrogen) atoms. The summed E-state index contributed by atoms with van der Waals surface area (Å²) in [5, 5.41) is 9.24. The van der Waals surface area contributed by atoms with Crippen LogP contribution in [0.1, 0.15) is 44.2 Å². The second-order valence-corrected chi connectivity index (χ2v) is 8.68. The number of unbranched alkanes of at least 4 members (excludes halogenated alkanes) is 2. The van der Waals surface area contributed by atoms with Crippen LogP contribution in [0.3, 0.4) is 0 Å². The number of hydrogen-bond acceptors (Lipinski definition) is 6. The fourth-order valence-electron chi connectivity index (χ4n) is 3.55. The van der Waals surface area contributed by atoms with Gasteiger partial charge >= 0.3 is 18.2 Å². The van der Waals surface area contributed by atoms with E-state index in [-0.39, 0.29) is 45.1 Å². The van der Waals surface area contributed by atoms with Crippen LogP contribution in [-0.4, -0.2) is 67.7 Å². The number of hydrogen-bond donors (Lipinski definition) is 1. The van der Waals surface area contributed by atoms with Crippen molar-refractivity contribution in [3.63, 3.8) is 0 Å². The number of carbonyl (C=O) groups is 2. The third-order valence-corrected chi connectivity index (χ3v) is 5.64. The molecule has 0 fully saturated rings. The van der Waals surface area contributed by atoms with E-state index in [9.17, 15) is 27.9 Å². The zero-order valence-electron chi connectivity index (χ0n) is 22.2. The monoisotopic (exact) mass is 555 g/mol. The molecular weight excluding hydrogens is 519 g/mol. The summed E-state index contributed by atoms with van der Waals surface area (Å²) in [5.41, 5.74) is -0.156. The van der Waals surface area contributed by atoms with E-state index in [1.807, 2.05) is 0 Å². The van der Waals surface area contributed by atoms with Crippen molar-refractivity contribution in [1.29, 1.82) is 0 Å². The number of aliphatic carboxylic acids is 1. The van der Waals surface area contributed by atoms with Crippen LogP contribution in [0.25, 0.3) is 0 Å². The normalized spacial score (nSPS) is 12.1. The maximum Gasteiger partial charge on any atom is 0.416 e. The molecule has 2 aromatic rings. The highest BCUT2D eigenvalue weighted by Crippen LogP contribution is 2.31. The van der Waals surface area contributed by atoms with Crippen molar-refractivity contribution in [1.82, 2.24) is 4.90 Å². The van der Waals surface area contributed by atoms with Gasteiger partial charge in [-0.05, 0) is 49.2 Å². The predicted octanol–water partition coefficient (Wildman–Crippen LogP) is 5.82. The van der Waals surface area contributed by atoms with Crippen molar-refractivity contribution >= 4 is 12.1 Å². The van der Waals surface area contributed by atoms with Gasteiger partial charge in [-0.3, -0.25) is 0 Å². The van der Waals surface area contributed by atoms with E-state index in [0.717, 1.165) is 37.0 Å². The Hall–Kier alpha value is -3.31. The summed E-state index contributed by atoms with van der Waals surface area (Å²) in [6, 6.07) is 11.0. The molecule has 0 saturated carbocycles. The molecule has 2 rings (SSSR count). The van der Waals surface area contributed by atoms with Crippen molar-refractivity contribution in [2.24, 2.45) is 0 Å². The fourth-order valence-corrected chi connectivity index (χ4v) is 3.55. The Kier molecular flexibility index (Phi) is 13.6. The quantitative estimate of drug-likeness (QED) is 0.246. The summed E-state index contributed by atoms with van der Waals surface area (Å²) < 4.78 is 60.8. The molecule has 11 heteroatoms. The van der Waals surface area contributed by atoms with E-state index < -0.39 is 29.9 Å². The third kappa shape index (κ3) is 12.0. The van der Waals surface area contributed by atoms with Gasteiger partial charge in [0.15, 0.2) is 6.10 Å². The molecule has 0 heterocycles. The van der Waals surface area contributed by atoms with Gasteiger partial charge in [-0.2, -0.15) is 13.2 Å². The van der Waals surface area contributed by atoms with Crippen molar-refractivity contribution in [3.05, 3.63) is 59.7 Å². The van der Waals surface area contributed by atoms with Crippen LogP contribution >= 0.6 is 0 Å². The topological polar surface area (TPSA) is 94.5 Å². The van der Waals surface area contributed by atoms with Crippen molar-refractivity contribution in [2.45, 2.75) is 51.8 Å². The number of alkyl halides is 3. The van der Waals surface area contributed by atoms with Gasteiger partial charge in [-0.25, -0.2) is 9.59 Å². The van der Waals surface area contributed by atoms with Crippen LogP contribution in [0.4, 0.5) is 18.0 Å². The molecular formula is C28H36F3NO7. The van der Waals surface area contributed by atoms with Gasteiger partial charge in [-0.1, -0.05) is 38.0 Å². The van der Waals surface area contributed by atoms with Crippen LogP contribution in [0, 0.1) is 0 Å².